The van der Waals surface area contributed by atoms with Crippen LogP contribution in [0, 0.1) is 0 Å². The van der Waals surface area contributed by atoms with E-state index in [-0.39, 0.29) is 6.29 Å². The summed E-state index contributed by atoms with van der Waals surface area (Å²) in [5, 5.41) is 9.78. The van der Waals surface area contributed by atoms with Crippen molar-refractivity contribution in [3.05, 3.63) is 30.1 Å². The van der Waals surface area contributed by atoms with Gasteiger partial charge in [-0.3, -0.25) is 4.98 Å². The van der Waals surface area contributed by atoms with Crippen LogP contribution >= 0.6 is 0 Å². The maximum absolute atomic E-state index is 9.78. The van der Waals surface area contributed by atoms with E-state index < -0.39 is 6.10 Å². The molecule has 0 saturated carbocycles. The summed E-state index contributed by atoms with van der Waals surface area (Å²) in [5.74, 6) is 0. The quantitative estimate of drug-likeness (QED) is 0.795. The highest BCUT2D eigenvalue weighted by atomic mass is 16.7. The Balaban J connectivity index is 1.79. The van der Waals surface area contributed by atoms with E-state index in [1.807, 2.05) is 12.1 Å². The predicted octanol–water partition coefficient (Wildman–Crippen LogP) is 0.748. The SMILES string of the molecule is OC(Cc1ccncc1)CC1OCCO1. The maximum Gasteiger partial charge on any atom is 0.160 e. The summed E-state index contributed by atoms with van der Waals surface area (Å²) >= 11 is 0. The van der Waals surface area contributed by atoms with Gasteiger partial charge in [0.15, 0.2) is 6.29 Å². The van der Waals surface area contributed by atoms with E-state index in [2.05, 4.69) is 4.98 Å². The highest BCUT2D eigenvalue weighted by Gasteiger charge is 2.19. The van der Waals surface area contributed by atoms with Gasteiger partial charge in [-0.1, -0.05) is 0 Å². The molecule has 4 heteroatoms. The number of hydrogen-bond donors (Lipinski definition) is 1. The van der Waals surface area contributed by atoms with Crippen molar-refractivity contribution >= 4 is 0 Å². The number of aliphatic hydroxyl groups is 1. The zero-order valence-electron chi connectivity index (χ0n) is 8.50. The molecule has 0 amide bonds. The van der Waals surface area contributed by atoms with Gasteiger partial charge < -0.3 is 14.6 Å². The Bertz CT molecular complexity index is 285. The van der Waals surface area contributed by atoms with Crippen LogP contribution in [0.1, 0.15) is 12.0 Å². The molecule has 15 heavy (non-hydrogen) atoms. The Morgan fingerprint density at radius 3 is 2.67 bits per heavy atom. The van der Waals surface area contributed by atoms with Crippen LogP contribution in [0.15, 0.2) is 24.5 Å². The second kappa shape index (κ2) is 5.21. The van der Waals surface area contributed by atoms with Crippen LogP contribution in [0.5, 0.6) is 0 Å². The minimum absolute atomic E-state index is 0.234. The van der Waals surface area contributed by atoms with Gasteiger partial charge >= 0.3 is 0 Å². The molecule has 1 fully saturated rings. The predicted molar refractivity (Wildman–Crippen MR) is 54.3 cm³/mol. The number of aliphatic hydroxyl groups excluding tert-OH is 1. The van der Waals surface area contributed by atoms with Crippen molar-refractivity contribution in [2.24, 2.45) is 0 Å². The highest BCUT2D eigenvalue weighted by Crippen LogP contribution is 2.13. The van der Waals surface area contributed by atoms with Gasteiger partial charge in [0.1, 0.15) is 0 Å². The lowest BCUT2D eigenvalue weighted by Gasteiger charge is -2.14. The normalized spacial score (nSPS) is 19.3. The highest BCUT2D eigenvalue weighted by molar-refractivity contribution is 5.10. The third-order valence-corrected chi connectivity index (χ3v) is 2.38. The molecular weight excluding hydrogens is 194 g/mol. The van der Waals surface area contributed by atoms with Gasteiger partial charge in [0.05, 0.1) is 19.3 Å². The van der Waals surface area contributed by atoms with Crippen LogP contribution < -0.4 is 0 Å². The maximum atomic E-state index is 9.78. The van der Waals surface area contributed by atoms with Crippen molar-refractivity contribution in [3.63, 3.8) is 0 Å². The largest absolute Gasteiger partial charge is 0.393 e. The molecule has 1 aliphatic rings. The minimum Gasteiger partial charge on any atom is -0.393 e. The van der Waals surface area contributed by atoms with Crippen molar-refractivity contribution in [3.8, 4) is 0 Å². The average Bonchev–Trinajstić information content (AvgIpc) is 2.71. The lowest BCUT2D eigenvalue weighted by atomic mass is 10.1. The first-order valence-corrected chi connectivity index (χ1v) is 5.15. The molecule has 1 unspecified atom stereocenters. The number of hydrogen-bond acceptors (Lipinski definition) is 4. The van der Waals surface area contributed by atoms with E-state index in [4.69, 9.17) is 9.47 Å². The van der Waals surface area contributed by atoms with E-state index in [1.165, 1.54) is 0 Å². The van der Waals surface area contributed by atoms with Crippen molar-refractivity contribution in [1.29, 1.82) is 0 Å². The van der Waals surface area contributed by atoms with Crippen molar-refractivity contribution in [1.82, 2.24) is 4.98 Å². The van der Waals surface area contributed by atoms with Crippen LogP contribution in [0.2, 0.25) is 0 Å². The summed E-state index contributed by atoms with van der Waals surface area (Å²) in [4.78, 5) is 3.92. The van der Waals surface area contributed by atoms with E-state index in [9.17, 15) is 5.11 Å². The number of aromatic nitrogens is 1. The zero-order valence-corrected chi connectivity index (χ0v) is 8.50. The molecule has 0 aromatic carbocycles. The van der Waals surface area contributed by atoms with Gasteiger partial charge in [0.2, 0.25) is 0 Å². The Morgan fingerprint density at radius 1 is 1.33 bits per heavy atom. The Labute approximate surface area is 88.9 Å². The second-order valence-electron chi connectivity index (χ2n) is 3.62. The fourth-order valence-electron chi connectivity index (χ4n) is 1.64. The molecule has 0 bridgehead atoms. The topological polar surface area (TPSA) is 51.6 Å². The molecular formula is C11H15NO3. The van der Waals surface area contributed by atoms with Gasteiger partial charge in [-0.15, -0.1) is 0 Å². The molecule has 1 N–H and O–H groups in total. The summed E-state index contributed by atoms with van der Waals surface area (Å²) in [7, 11) is 0. The molecule has 1 aromatic rings. The van der Waals surface area contributed by atoms with Gasteiger partial charge in [0.25, 0.3) is 0 Å². The number of rotatable bonds is 4. The Hall–Kier alpha value is -0.970. The fraction of sp³-hybridized carbons (Fsp3) is 0.545. The van der Waals surface area contributed by atoms with Gasteiger partial charge in [-0.05, 0) is 24.1 Å². The van der Waals surface area contributed by atoms with E-state index in [1.54, 1.807) is 12.4 Å². The molecule has 82 valence electrons. The molecule has 1 aliphatic heterocycles. The summed E-state index contributed by atoms with van der Waals surface area (Å²) in [6.45, 7) is 1.26. The lowest BCUT2D eigenvalue weighted by Crippen LogP contribution is -2.20. The lowest BCUT2D eigenvalue weighted by molar-refractivity contribution is -0.0698. The molecule has 2 heterocycles. The molecule has 0 spiro atoms. The Kier molecular flexibility index (Phi) is 3.66. The fourth-order valence-corrected chi connectivity index (χ4v) is 1.64. The Morgan fingerprint density at radius 2 is 2.00 bits per heavy atom. The summed E-state index contributed by atoms with van der Waals surface area (Å²) < 4.78 is 10.5. The van der Waals surface area contributed by atoms with Crippen molar-refractivity contribution in [2.45, 2.75) is 25.2 Å². The summed E-state index contributed by atoms with van der Waals surface area (Å²) in [6.07, 6.45) is 3.95. The first-order valence-electron chi connectivity index (χ1n) is 5.15. The molecule has 1 atom stereocenters. The van der Waals surface area contributed by atoms with E-state index in [0.717, 1.165) is 5.56 Å². The average molecular weight is 209 g/mol. The van der Waals surface area contributed by atoms with Crippen molar-refractivity contribution in [2.75, 3.05) is 13.2 Å². The van der Waals surface area contributed by atoms with E-state index in [0.29, 0.717) is 26.1 Å². The molecule has 2 rings (SSSR count). The first kappa shape index (κ1) is 10.5. The number of ether oxygens (including phenoxy) is 2. The monoisotopic (exact) mass is 209 g/mol. The molecule has 0 radical (unpaired) electrons. The van der Waals surface area contributed by atoms with E-state index >= 15 is 0 Å². The van der Waals surface area contributed by atoms with Crippen LogP contribution in [0.4, 0.5) is 0 Å². The number of pyridine rings is 1. The molecule has 4 nitrogen and oxygen atoms in total. The minimum atomic E-state index is -0.421. The second-order valence-corrected chi connectivity index (χ2v) is 3.62. The van der Waals surface area contributed by atoms with Crippen LogP contribution in [0.3, 0.4) is 0 Å². The van der Waals surface area contributed by atoms with Crippen LogP contribution in [-0.4, -0.2) is 35.7 Å². The van der Waals surface area contributed by atoms with Gasteiger partial charge in [0, 0.05) is 18.8 Å². The zero-order chi connectivity index (χ0) is 10.5. The standard InChI is InChI=1S/C11H15NO3/c13-10(8-11-14-5-6-15-11)7-9-1-3-12-4-2-9/h1-4,10-11,13H,5-8H2. The van der Waals surface area contributed by atoms with Crippen molar-refractivity contribution < 1.29 is 14.6 Å². The smallest absolute Gasteiger partial charge is 0.160 e. The number of nitrogens with zero attached hydrogens (tertiary/aromatic N) is 1. The first-order chi connectivity index (χ1) is 7.34. The van der Waals surface area contributed by atoms with Gasteiger partial charge in [-0.25, -0.2) is 0 Å². The molecule has 1 saturated heterocycles. The molecule has 0 aliphatic carbocycles. The third-order valence-electron chi connectivity index (χ3n) is 2.38. The third kappa shape index (κ3) is 3.27. The summed E-state index contributed by atoms with van der Waals surface area (Å²) in [6, 6.07) is 3.80. The summed E-state index contributed by atoms with van der Waals surface area (Å²) in [5.41, 5.74) is 1.08. The van der Waals surface area contributed by atoms with Gasteiger partial charge in [-0.2, -0.15) is 0 Å². The van der Waals surface area contributed by atoms with Crippen LogP contribution in [-0.2, 0) is 15.9 Å². The van der Waals surface area contributed by atoms with Crippen LogP contribution in [0.25, 0.3) is 0 Å². The molecule has 1 aromatic heterocycles.